The zero-order valence-electron chi connectivity index (χ0n) is 12.4. The molecule has 0 saturated heterocycles. The number of carboxylic acid groups (broad SMARTS) is 1. The highest BCUT2D eigenvalue weighted by Crippen LogP contribution is 2.25. The van der Waals surface area contributed by atoms with Crippen molar-refractivity contribution in [3.63, 3.8) is 0 Å². The van der Waals surface area contributed by atoms with Gasteiger partial charge in [-0.05, 0) is 38.1 Å². The highest BCUT2D eigenvalue weighted by molar-refractivity contribution is 5.78. The first-order chi connectivity index (χ1) is 9.58. The van der Waals surface area contributed by atoms with E-state index in [0.29, 0.717) is 25.3 Å². The summed E-state index contributed by atoms with van der Waals surface area (Å²) in [6.07, 6.45) is 6.69. The Morgan fingerprint density at radius 3 is 2.60 bits per heavy atom. The van der Waals surface area contributed by atoms with Gasteiger partial charge in [-0.2, -0.15) is 0 Å². The van der Waals surface area contributed by atoms with Gasteiger partial charge in [0.1, 0.15) is 0 Å². The summed E-state index contributed by atoms with van der Waals surface area (Å²) < 4.78 is 0. The first-order valence-corrected chi connectivity index (χ1v) is 7.80. The van der Waals surface area contributed by atoms with Gasteiger partial charge in [0.05, 0.1) is 5.92 Å². The summed E-state index contributed by atoms with van der Waals surface area (Å²) in [6, 6.07) is -0.191. The molecule has 1 aliphatic rings. The third-order valence-corrected chi connectivity index (χ3v) is 4.36. The van der Waals surface area contributed by atoms with Crippen LogP contribution >= 0.6 is 0 Å². The summed E-state index contributed by atoms with van der Waals surface area (Å²) in [4.78, 5) is 23.1. The molecule has 1 rings (SSSR count). The lowest BCUT2D eigenvalue weighted by molar-refractivity contribution is -0.144. The summed E-state index contributed by atoms with van der Waals surface area (Å²) in [7, 11) is 0. The van der Waals surface area contributed by atoms with E-state index in [-0.39, 0.29) is 11.9 Å². The predicted octanol–water partition coefficient (Wildman–Crippen LogP) is 1.90. The van der Waals surface area contributed by atoms with Crippen molar-refractivity contribution in [1.82, 2.24) is 5.32 Å². The summed E-state index contributed by atoms with van der Waals surface area (Å²) in [5.74, 6) is -0.728. The van der Waals surface area contributed by atoms with Gasteiger partial charge in [0.25, 0.3) is 0 Å². The van der Waals surface area contributed by atoms with Crippen molar-refractivity contribution in [3.05, 3.63) is 0 Å². The second-order valence-corrected chi connectivity index (χ2v) is 5.79. The van der Waals surface area contributed by atoms with Gasteiger partial charge >= 0.3 is 5.97 Å². The van der Waals surface area contributed by atoms with E-state index >= 15 is 0 Å². The van der Waals surface area contributed by atoms with Crippen molar-refractivity contribution in [2.45, 2.75) is 64.3 Å². The first-order valence-electron chi connectivity index (χ1n) is 7.80. The SMILES string of the molecule is CCC(CCN)CCC(=O)NC1CCCCC1C(=O)O. The van der Waals surface area contributed by atoms with Crippen molar-refractivity contribution < 1.29 is 14.7 Å². The molecule has 4 N–H and O–H groups in total. The van der Waals surface area contributed by atoms with Gasteiger partial charge in [-0.1, -0.05) is 26.2 Å². The summed E-state index contributed by atoms with van der Waals surface area (Å²) >= 11 is 0. The van der Waals surface area contributed by atoms with Gasteiger partial charge in [0.2, 0.25) is 5.91 Å². The Hall–Kier alpha value is -1.10. The van der Waals surface area contributed by atoms with Gasteiger partial charge in [0, 0.05) is 12.5 Å². The van der Waals surface area contributed by atoms with Crippen LogP contribution in [0.5, 0.6) is 0 Å². The zero-order valence-corrected chi connectivity index (χ0v) is 12.4. The van der Waals surface area contributed by atoms with Crippen LogP contribution in [0.2, 0.25) is 0 Å². The fourth-order valence-electron chi connectivity index (χ4n) is 3.00. The average Bonchev–Trinajstić information content (AvgIpc) is 2.43. The Balaban J connectivity index is 2.38. The van der Waals surface area contributed by atoms with Crippen molar-refractivity contribution in [1.29, 1.82) is 0 Å². The number of amides is 1. The van der Waals surface area contributed by atoms with E-state index in [1.807, 2.05) is 0 Å². The molecule has 0 bridgehead atoms. The number of nitrogens with two attached hydrogens (primary N) is 1. The van der Waals surface area contributed by atoms with Gasteiger partial charge < -0.3 is 16.2 Å². The predicted molar refractivity (Wildman–Crippen MR) is 78.2 cm³/mol. The van der Waals surface area contributed by atoms with E-state index in [9.17, 15) is 14.7 Å². The molecular formula is C15H28N2O3. The number of carbonyl (C=O) groups excluding carboxylic acids is 1. The van der Waals surface area contributed by atoms with E-state index in [0.717, 1.165) is 38.5 Å². The zero-order chi connectivity index (χ0) is 15.0. The minimum atomic E-state index is -0.787. The number of carboxylic acids is 1. The molecule has 0 radical (unpaired) electrons. The molecule has 0 aromatic rings. The fourth-order valence-corrected chi connectivity index (χ4v) is 3.00. The molecule has 1 fully saturated rings. The molecule has 3 atom stereocenters. The summed E-state index contributed by atoms with van der Waals surface area (Å²) in [5, 5.41) is 12.1. The largest absolute Gasteiger partial charge is 0.481 e. The number of hydrogen-bond donors (Lipinski definition) is 3. The van der Waals surface area contributed by atoms with Crippen LogP contribution in [0.4, 0.5) is 0 Å². The Morgan fingerprint density at radius 2 is 2.00 bits per heavy atom. The molecule has 0 aromatic heterocycles. The Morgan fingerprint density at radius 1 is 1.30 bits per heavy atom. The smallest absolute Gasteiger partial charge is 0.308 e. The van der Waals surface area contributed by atoms with Crippen molar-refractivity contribution in [3.8, 4) is 0 Å². The molecule has 0 spiro atoms. The van der Waals surface area contributed by atoms with E-state index in [2.05, 4.69) is 12.2 Å². The van der Waals surface area contributed by atoms with E-state index in [1.54, 1.807) is 0 Å². The molecule has 5 heteroatoms. The van der Waals surface area contributed by atoms with Gasteiger partial charge in [0.15, 0.2) is 0 Å². The topological polar surface area (TPSA) is 92.4 Å². The number of hydrogen-bond acceptors (Lipinski definition) is 3. The van der Waals surface area contributed by atoms with E-state index in [1.165, 1.54) is 0 Å². The van der Waals surface area contributed by atoms with Crippen LogP contribution in [0, 0.1) is 11.8 Å². The second-order valence-electron chi connectivity index (χ2n) is 5.79. The molecule has 20 heavy (non-hydrogen) atoms. The fraction of sp³-hybridized carbons (Fsp3) is 0.867. The van der Waals surface area contributed by atoms with Gasteiger partial charge in [-0.25, -0.2) is 0 Å². The monoisotopic (exact) mass is 284 g/mol. The first kappa shape index (κ1) is 17.0. The van der Waals surface area contributed by atoms with Crippen LogP contribution in [0.3, 0.4) is 0 Å². The number of nitrogens with one attached hydrogen (secondary N) is 1. The molecule has 1 amide bonds. The highest BCUT2D eigenvalue weighted by Gasteiger charge is 2.31. The molecule has 0 aliphatic heterocycles. The Kier molecular flexibility index (Phi) is 7.59. The molecule has 1 aliphatic carbocycles. The highest BCUT2D eigenvalue weighted by atomic mass is 16.4. The number of carbonyl (C=O) groups is 2. The molecule has 116 valence electrons. The van der Waals surface area contributed by atoms with Crippen LogP contribution in [-0.2, 0) is 9.59 Å². The second kappa shape index (κ2) is 8.95. The lowest BCUT2D eigenvalue weighted by atomic mass is 9.84. The Bertz CT molecular complexity index is 320. The molecular weight excluding hydrogens is 256 g/mol. The normalized spacial score (nSPS) is 24.1. The molecule has 3 unspecified atom stereocenters. The number of aliphatic carboxylic acids is 1. The maximum absolute atomic E-state index is 12.0. The lowest BCUT2D eigenvalue weighted by Gasteiger charge is -2.29. The van der Waals surface area contributed by atoms with Crippen molar-refractivity contribution in [2.75, 3.05) is 6.54 Å². The van der Waals surface area contributed by atoms with Crippen molar-refractivity contribution in [2.24, 2.45) is 17.6 Å². The molecule has 1 saturated carbocycles. The van der Waals surface area contributed by atoms with Crippen LogP contribution < -0.4 is 11.1 Å². The maximum atomic E-state index is 12.0. The average molecular weight is 284 g/mol. The van der Waals surface area contributed by atoms with Crippen molar-refractivity contribution >= 4 is 11.9 Å². The van der Waals surface area contributed by atoms with Crippen LogP contribution in [-0.4, -0.2) is 29.6 Å². The number of rotatable bonds is 8. The minimum Gasteiger partial charge on any atom is -0.481 e. The third kappa shape index (κ3) is 5.49. The van der Waals surface area contributed by atoms with Gasteiger partial charge in [-0.15, -0.1) is 0 Å². The van der Waals surface area contributed by atoms with Gasteiger partial charge in [-0.3, -0.25) is 9.59 Å². The third-order valence-electron chi connectivity index (χ3n) is 4.36. The molecule has 0 aromatic carbocycles. The quantitative estimate of drug-likeness (QED) is 0.634. The summed E-state index contributed by atoms with van der Waals surface area (Å²) in [6.45, 7) is 2.77. The Labute approximate surface area is 121 Å². The van der Waals surface area contributed by atoms with Crippen LogP contribution in [0.1, 0.15) is 58.3 Å². The van der Waals surface area contributed by atoms with E-state index < -0.39 is 11.9 Å². The maximum Gasteiger partial charge on any atom is 0.308 e. The standard InChI is InChI=1S/C15H28N2O3/c1-2-11(9-10-16)7-8-14(18)17-13-6-4-3-5-12(13)15(19)20/h11-13H,2-10,16H2,1H3,(H,17,18)(H,19,20). The summed E-state index contributed by atoms with van der Waals surface area (Å²) in [5.41, 5.74) is 5.55. The molecule has 0 heterocycles. The van der Waals surface area contributed by atoms with Crippen LogP contribution in [0.25, 0.3) is 0 Å². The van der Waals surface area contributed by atoms with E-state index in [4.69, 9.17) is 5.73 Å². The van der Waals surface area contributed by atoms with Crippen LogP contribution in [0.15, 0.2) is 0 Å². The molecule has 5 nitrogen and oxygen atoms in total. The lowest BCUT2D eigenvalue weighted by Crippen LogP contribution is -2.45. The minimum absolute atomic E-state index is 0.0152.